The standard InChI is InChI=1S/C23H21F4N7O2/c1-22(2,12-23(25,26)27)21(35)30-17-10-29-20(31-19(17)28)16-9-18(15-7-8-36-33-15)34(32-16)11-13-5-3-4-6-14(13)24/h3-10H,11-12H2,1-2H3,(H,30,35)(H2,28,29,31). The van der Waals surface area contributed by atoms with E-state index in [1.54, 1.807) is 30.3 Å². The highest BCUT2D eigenvalue weighted by atomic mass is 19.4. The maximum absolute atomic E-state index is 14.2. The Hall–Kier alpha value is -4.29. The molecular weight excluding hydrogens is 482 g/mol. The second-order valence-corrected chi connectivity index (χ2v) is 8.67. The van der Waals surface area contributed by atoms with Gasteiger partial charge in [-0.3, -0.25) is 9.48 Å². The Morgan fingerprint density at radius 1 is 1.17 bits per heavy atom. The number of nitrogen functional groups attached to an aromatic ring is 1. The third-order valence-corrected chi connectivity index (χ3v) is 5.31. The minimum Gasteiger partial charge on any atom is -0.382 e. The number of amides is 1. The lowest BCUT2D eigenvalue weighted by atomic mass is 9.88. The lowest BCUT2D eigenvalue weighted by molar-refractivity contribution is -0.162. The van der Waals surface area contributed by atoms with E-state index in [-0.39, 0.29) is 29.6 Å². The molecule has 0 saturated heterocycles. The van der Waals surface area contributed by atoms with Crippen molar-refractivity contribution in [1.82, 2.24) is 24.9 Å². The Balaban J connectivity index is 1.62. The molecule has 0 aliphatic rings. The van der Waals surface area contributed by atoms with Crippen molar-refractivity contribution in [3.63, 3.8) is 0 Å². The van der Waals surface area contributed by atoms with Gasteiger partial charge in [0.1, 0.15) is 29.2 Å². The van der Waals surface area contributed by atoms with Crippen LogP contribution in [0.5, 0.6) is 0 Å². The molecule has 0 atom stereocenters. The largest absolute Gasteiger partial charge is 0.390 e. The van der Waals surface area contributed by atoms with E-state index in [1.165, 1.54) is 37.1 Å². The molecule has 1 amide bonds. The maximum atomic E-state index is 14.2. The summed E-state index contributed by atoms with van der Waals surface area (Å²) in [4.78, 5) is 20.7. The Labute approximate surface area is 202 Å². The molecule has 3 heterocycles. The number of carbonyl (C=O) groups is 1. The molecule has 3 aromatic heterocycles. The monoisotopic (exact) mass is 503 g/mol. The minimum absolute atomic E-state index is 0.0403. The molecule has 4 aromatic rings. The molecule has 9 nitrogen and oxygen atoms in total. The number of anilines is 2. The first kappa shape index (κ1) is 24.8. The number of nitrogens with zero attached hydrogens (tertiary/aromatic N) is 5. The van der Waals surface area contributed by atoms with E-state index < -0.39 is 29.7 Å². The molecule has 0 spiro atoms. The van der Waals surface area contributed by atoms with Crippen LogP contribution >= 0.6 is 0 Å². The summed E-state index contributed by atoms with van der Waals surface area (Å²) in [5.41, 5.74) is 5.78. The first-order valence-corrected chi connectivity index (χ1v) is 10.7. The van der Waals surface area contributed by atoms with Crippen LogP contribution in [0.1, 0.15) is 25.8 Å². The number of aromatic nitrogens is 5. The minimum atomic E-state index is -4.52. The summed E-state index contributed by atoms with van der Waals surface area (Å²) in [6.45, 7) is 2.43. The summed E-state index contributed by atoms with van der Waals surface area (Å²) in [5, 5.41) is 10.7. The number of benzene rings is 1. The Kier molecular flexibility index (Phi) is 6.48. The van der Waals surface area contributed by atoms with E-state index in [4.69, 9.17) is 10.3 Å². The predicted octanol–water partition coefficient (Wildman–Crippen LogP) is 4.68. The van der Waals surface area contributed by atoms with E-state index in [2.05, 4.69) is 25.5 Å². The van der Waals surface area contributed by atoms with Gasteiger partial charge in [0.05, 0.1) is 30.3 Å². The molecule has 4 rings (SSSR count). The van der Waals surface area contributed by atoms with Crippen molar-refractivity contribution in [2.75, 3.05) is 11.1 Å². The van der Waals surface area contributed by atoms with Gasteiger partial charge >= 0.3 is 6.18 Å². The number of halogens is 4. The third-order valence-electron chi connectivity index (χ3n) is 5.31. The second-order valence-electron chi connectivity index (χ2n) is 8.67. The first-order valence-electron chi connectivity index (χ1n) is 10.7. The summed E-state index contributed by atoms with van der Waals surface area (Å²) < 4.78 is 59.0. The van der Waals surface area contributed by atoms with Crippen LogP contribution in [0.25, 0.3) is 22.9 Å². The third kappa shape index (κ3) is 5.50. The number of hydrogen-bond acceptors (Lipinski definition) is 7. The Bertz CT molecular complexity index is 1380. The molecule has 0 fully saturated rings. The molecule has 0 unspecified atom stereocenters. The van der Waals surface area contributed by atoms with Crippen molar-refractivity contribution in [3.8, 4) is 22.9 Å². The van der Waals surface area contributed by atoms with Gasteiger partial charge in [-0.15, -0.1) is 0 Å². The van der Waals surface area contributed by atoms with Gasteiger partial charge in [-0.2, -0.15) is 18.3 Å². The first-order chi connectivity index (χ1) is 16.9. The molecule has 36 heavy (non-hydrogen) atoms. The number of hydrogen-bond donors (Lipinski definition) is 2. The quantitative estimate of drug-likeness (QED) is 0.351. The van der Waals surface area contributed by atoms with Crippen LogP contribution in [0.3, 0.4) is 0 Å². The lowest BCUT2D eigenvalue weighted by Gasteiger charge is -2.24. The van der Waals surface area contributed by atoms with Gasteiger partial charge in [-0.25, -0.2) is 14.4 Å². The Morgan fingerprint density at radius 3 is 2.56 bits per heavy atom. The van der Waals surface area contributed by atoms with Gasteiger partial charge in [0.2, 0.25) is 5.91 Å². The number of carbonyl (C=O) groups excluding carboxylic acids is 1. The summed E-state index contributed by atoms with van der Waals surface area (Å²) in [6, 6.07) is 9.45. The SMILES string of the molecule is CC(C)(CC(F)(F)F)C(=O)Nc1cnc(-c2cc(-c3ccon3)n(Cc3ccccc3F)n2)nc1N. The van der Waals surface area contributed by atoms with Crippen LogP contribution in [0.4, 0.5) is 29.1 Å². The fraction of sp³-hybridized carbons (Fsp3) is 0.261. The summed E-state index contributed by atoms with van der Waals surface area (Å²) >= 11 is 0. The van der Waals surface area contributed by atoms with Crippen molar-refractivity contribution in [1.29, 1.82) is 0 Å². The average molecular weight is 503 g/mol. The lowest BCUT2D eigenvalue weighted by Crippen LogP contribution is -2.35. The maximum Gasteiger partial charge on any atom is 0.390 e. The zero-order chi connectivity index (χ0) is 26.1. The van der Waals surface area contributed by atoms with Crippen molar-refractivity contribution in [2.45, 2.75) is 33.0 Å². The number of rotatable bonds is 7. The predicted molar refractivity (Wildman–Crippen MR) is 122 cm³/mol. The average Bonchev–Trinajstić information content (AvgIpc) is 3.45. The molecule has 0 saturated carbocycles. The molecule has 0 radical (unpaired) electrons. The van der Waals surface area contributed by atoms with Gasteiger partial charge in [-0.1, -0.05) is 37.2 Å². The second kappa shape index (κ2) is 9.40. The van der Waals surface area contributed by atoms with Gasteiger partial charge in [-0.05, 0) is 12.1 Å². The number of nitrogens with two attached hydrogens (primary N) is 1. The van der Waals surface area contributed by atoms with Crippen LogP contribution in [0, 0.1) is 11.2 Å². The molecule has 1 aromatic carbocycles. The molecule has 0 aliphatic carbocycles. The van der Waals surface area contributed by atoms with E-state index in [9.17, 15) is 22.4 Å². The van der Waals surface area contributed by atoms with Crippen molar-refractivity contribution < 1.29 is 26.9 Å². The van der Waals surface area contributed by atoms with E-state index in [0.717, 1.165) is 0 Å². The van der Waals surface area contributed by atoms with Crippen LogP contribution < -0.4 is 11.1 Å². The molecule has 3 N–H and O–H groups in total. The van der Waals surface area contributed by atoms with E-state index >= 15 is 0 Å². The van der Waals surface area contributed by atoms with E-state index in [0.29, 0.717) is 17.0 Å². The number of nitrogens with one attached hydrogen (secondary N) is 1. The summed E-state index contributed by atoms with van der Waals surface area (Å²) in [7, 11) is 0. The zero-order valence-electron chi connectivity index (χ0n) is 19.2. The van der Waals surface area contributed by atoms with Gasteiger partial charge in [0, 0.05) is 11.6 Å². The highest BCUT2D eigenvalue weighted by Gasteiger charge is 2.41. The van der Waals surface area contributed by atoms with Crippen LogP contribution in [0.2, 0.25) is 0 Å². The van der Waals surface area contributed by atoms with E-state index in [1.807, 2.05) is 0 Å². The van der Waals surface area contributed by atoms with Gasteiger partial charge < -0.3 is 15.6 Å². The van der Waals surface area contributed by atoms with Crippen molar-refractivity contribution in [2.24, 2.45) is 5.41 Å². The fourth-order valence-electron chi connectivity index (χ4n) is 3.47. The summed E-state index contributed by atoms with van der Waals surface area (Å²) in [6.07, 6.45) is -3.27. The summed E-state index contributed by atoms with van der Waals surface area (Å²) in [5.74, 6) is -1.38. The Morgan fingerprint density at radius 2 is 1.92 bits per heavy atom. The molecule has 13 heteroatoms. The zero-order valence-corrected chi connectivity index (χ0v) is 19.2. The van der Waals surface area contributed by atoms with Crippen molar-refractivity contribution >= 4 is 17.4 Å². The molecule has 0 bridgehead atoms. The molecular formula is C23H21F4N7O2. The molecule has 0 aliphatic heterocycles. The van der Waals surface area contributed by atoms with Crippen LogP contribution in [-0.4, -0.2) is 37.0 Å². The van der Waals surface area contributed by atoms with Crippen molar-refractivity contribution in [3.05, 3.63) is 60.2 Å². The highest BCUT2D eigenvalue weighted by Crippen LogP contribution is 2.34. The smallest absolute Gasteiger partial charge is 0.382 e. The topological polar surface area (TPSA) is 125 Å². The van der Waals surface area contributed by atoms with Gasteiger partial charge in [0.15, 0.2) is 11.6 Å². The molecule has 188 valence electrons. The fourth-order valence-corrected chi connectivity index (χ4v) is 3.47. The van der Waals surface area contributed by atoms with Crippen LogP contribution in [0.15, 0.2) is 53.4 Å². The highest BCUT2D eigenvalue weighted by molar-refractivity contribution is 5.96. The van der Waals surface area contributed by atoms with Gasteiger partial charge in [0.25, 0.3) is 0 Å². The van der Waals surface area contributed by atoms with Crippen LogP contribution in [-0.2, 0) is 11.3 Å². The normalized spacial score (nSPS) is 12.1. The number of alkyl halides is 3.